The number of aryl methyl sites for hydroxylation is 1. The minimum atomic E-state index is -0.892. The number of ether oxygens (including phenoxy) is 1. The first kappa shape index (κ1) is 15.0. The second-order valence-corrected chi connectivity index (χ2v) is 4.72. The van der Waals surface area contributed by atoms with Crippen LogP contribution in [0.15, 0.2) is 18.3 Å². The Bertz CT molecular complexity index is 676. The van der Waals surface area contributed by atoms with E-state index in [9.17, 15) is 9.59 Å². The number of nitrogens with zero attached hydrogens (tertiary/aromatic N) is 2. The fraction of sp³-hybridized carbons (Fsp3) is 0.400. The summed E-state index contributed by atoms with van der Waals surface area (Å²) in [6.45, 7) is 4.18. The summed E-state index contributed by atoms with van der Waals surface area (Å²) in [6.07, 6.45) is 2.28. The zero-order valence-corrected chi connectivity index (χ0v) is 12.1. The van der Waals surface area contributed by atoms with Crippen molar-refractivity contribution in [1.29, 1.82) is 0 Å². The number of pyridine rings is 1. The van der Waals surface area contributed by atoms with Crippen LogP contribution < -0.4 is 4.74 Å². The van der Waals surface area contributed by atoms with Crippen LogP contribution in [0.2, 0.25) is 0 Å². The van der Waals surface area contributed by atoms with E-state index in [1.54, 1.807) is 23.6 Å². The molecule has 0 aliphatic heterocycles. The Morgan fingerprint density at radius 2 is 2.14 bits per heavy atom. The number of fused-ring (bicyclic) bond motifs is 1. The minimum Gasteiger partial charge on any atom is -0.490 e. The van der Waals surface area contributed by atoms with Crippen LogP contribution in [0.5, 0.6) is 5.75 Å². The molecule has 0 aliphatic carbocycles. The normalized spacial score (nSPS) is 10.8. The third-order valence-corrected chi connectivity index (χ3v) is 3.15. The summed E-state index contributed by atoms with van der Waals surface area (Å²) < 4.78 is 7.22. The Balaban J connectivity index is 2.31. The van der Waals surface area contributed by atoms with Crippen molar-refractivity contribution in [2.75, 3.05) is 6.61 Å². The first-order valence-corrected chi connectivity index (χ1v) is 6.90. The van der Waals surface area contributed by atoms with Gasteiger partial charge in [-0.15, -0.1) is 0 Å². The largest absolute Gasteiger partial charge is 0.490 e. The van der Waals surface area contributed by atoms with Crippen molar-refractivity contribution in [1.82, 2.24) is 9.38 Å². The monoisotopic (exact) mass is 290 g/mol. The molecular weight excluding hydrogens is 272 g/mol. The summed E-state index contributed by atoms with van der Waals surface area (Å²) in [7, 11) is 0. The van der Waals surface area contributed by atoms with Crippen LogP contribution in [0.1, 0.15) is 42.4 Å². The summed E-state index contributed by atoms with van der Waals surface area (Å²) in [5, 5.41) is 8.63. The van der Waals surface area contributed by atoms with E-state index in [-0.39, 0.29) is 18.6 Å². The van der Waals surface area contributed by atoms with E-state index in [4.69, 9.17) is 9.84 Å². The summed E-state index contributed by atoms with van der Waals surface area (Å²) >= 11 is 0. The number of carboxylic acids is 1. The highest BCUT2D eigenvalue weighted by molar-refractivity contribution is 5.96. The molecule has 0 aromatic carbocycles. The van der Waals surface area contributed by atoms with Crippen LogP contribution in [0.4, 0.5) is 0 Å². The lowest BCUT2D eigenvalue weighted by Gasteiger charge is -2.05. The number of aliphatic carboxylic acids is 1. The Morgan fingerprint density at radius 1 is 1.38 bits per heavy atom. The molecule has 2 aromatic rings. The van der Waals surface area contributed by atoms with Gasteiger partial charge in [0, 0.05) is 19.0 Å². The zero-order valence-electron chi connectivity index (χ0n) is 12.1. The van der Waals surface area contributed by atoms with E-state index in [2.05, 4.69) is 4.98 Å². The number of hydrogen-bond donors (Lipinski definition) is 1. The lowest BCUT2D eigenvalue weighted by atomic mass is 10.1. The van der Waals surface area contributed by atoms with Crippen molar-refractivity contribution in [3.63, 3.8) is 0 Å². The lowest BCUT2D eigenvalue weighted by molar-refractivity contribution is -0.137. The van der Waals surface area contributed by atoms with Crippen LogP contribution in [-0.2, 0) is 4.79 Å². The molecule has 2 aromatic heterocycles. The number of carbonyl (C=O) groups excluding carboxylic acids is 1. The highest BCUT2D eigenvalue weighted by Crippen LogP contribution is 2.23. The Labute approximate surface area is 122 Å². The molecular formula is C15H18N2O4. The van der Waals surface area contributed by atoms with Gasteiger partial charge in [-0.25, -0.2) is 4.98 Å². The molecule has 0 bridgehead atoms. The second-order valence-electron chi connectivity index (χ2n) is 4.72. The molecule has 1 N–H and O–H groups in total. The van der Waals surface area contributed by atoms with Gasteiger partial charge < -0.3 is 9.84 Å². The van der Waals surface area contributed by atoms with Crippen LogP contribution in [0.3, 0.4) is 0 Å². The molecule has 0 saturated carbocycles. The van der Waals surface area contributed by atoms with E-state index < -0.39 is 5.97 Å². The van der Waals surface area contributed by atoms with Crippen molar-refractivity contribution in [3.05, 3.63) is 29.7 Å². The number of hydrogen-bond acceptors (Lipinski definition) is 4. The summed E-state index contributed by atoms with van der Waals surface area (Å²) in [4.78, 5) is 27.2. The highest BCUT2D eigenvalue weighted by atomic mass is 16.5. The van der Waals surface area contributed by atoms with Gasteiger partial charge >= 0.3 is 5.97 Å². The number of Topliss-reactive ketones (excluding diaryl/α,β-unsaturated/α-hetero) is 1. The number of aromatic nitrogens is 2. The first-order valence-electron chi connectivity index (χ1n) is 6.90. The molecule has 0 spiro atoms. The fourth-order valence-electron chi connectivity index (χ4n) is 2.28. The van der Waals surface area contributed by atoms with Gasteiger partial charge in [-0.05, 0) is 32.4 Å². The van der Waals surface area contributed by atoms with E-state index in [0.29, 0.717) is 35.8 Å². The Morgan fingerprint density at radius 3 is 2.81 bits per heavy atom. The van der Waals surface area contributed by atoms with Gasteiger partial charge in [-0.3, -0.25) is 14.0 Å². The molecule has 0 unspecified atom stereocenters. The topological polar surface area (TPSA) is 80.9 Å². The van der Waals surface area contributed by atoms with Crippen LogP contribution >= 0.6 is 0 Å². The van der Waals surface area contributed by atoms with Crippen LogP contribution in [0.25, 0.3) is 5.65 Å². The smallest absolute Gasteiger partial charge is 0.303 e. The molecule has 0 amide bonds. The van der Waals surface area contributed by atoms with Gasteiger partial charge in [-0.1, -0.05) is 0 Å². The number of ketones is 1. The SMILES string of the molecule is CCOc1cccn2c(C(=O)CCCC(=O)O)c(C)nc12. The number of carboxylic acid groups (broad SMARTS) is 1. The summed E-state index contributed by atoms with van der Waals surface area (Å²) in [6, 6.07) is 3.61. The quantitative estimate of drug-likeness (QED) is 0.792. The summed E-state index contributed by atoms with van der Waals surface area (Å²) in [5.74, 6) is -0.362. The molecule has 0 aliphatic rings. The van der Waals surface area contributed by atoms with Gasteiger partial charge in [0.1, 0.15) is 5.69 Å². The van der Waals surface area contributed by atoms with Crippen molar-refractivity contribution >= 4 is 17.4 Å². The van der Waals surface area contributed by atoms with E-state index in [1.165, 1.54) is 0 Å². The van der Waals surface area contributed by atoms with Crippen molar-refractivity contribution in [2.24, 2.45) is 0 Å². The lowest BCUT2D eigenvalue weighted by Crippen LogP contribution is -2.07. The highest BCUT2D eigenvalue weighted by Gasteiger charge is 2.18. The van der Waals surface area contributed by atoms with Gasteiger partial charge in [0.2, 0.25) is 0 Å². The maximum atomic E-state index is 12.3. The number of imidazole rings is 1. The predicted octanol–water partition coefficient (Wildman–Crippen LogP) is 2.48. The van der Waals surface area contributed by atoms with Crippen molar-refractivity contribution in [3.8, 4) is 5.75 Å². The van der Waals surface area contributed by atoms with Crippen LogP contribution in [0, 0.1) is 6.92 Å². The maximum absolute atomic E-state index is 12.3. The molecule has 0 fully saturated rings. The first-order chi connectivity index (χ1) is 10.0. The fourth-order valence-corrected chi connectivity index (χ4v) is 2.28. The molecule has 0 saturated heterocycles. The van der Waals surface area contributed by atoms with Gasteiger partial charge in [-0.2, -0.15) is 0 Å². The molecule has 6 heteroatoms. The molecule has 112 valence electrons. The minimum absolute atomic E-state index is 0.00821. The Hall–Kier alpha value is -2.37. The van der Waals surface area contributed by atoms with E-state index in [1.807, 2.05) is 13.0 Å². The maximum Gasteiger partial charge on any atom is 0.303 e. The molecule has 0 radical (unpaired) electrons. The van der Waals surface area contributed by atoms with Gasteiger partial charge in [0.05, 0.1) is 12.3 Å². The molecule has 2 heterocycles. The Kier molecular flexibility index (Phi) is 4.57. The third kappa shape index (κ3) is 3.21. The third-order valence-electron chi connectivity index (χ3n) is 3.15. The second kappa shape index (κ2) is 6.39. The van der Waals surface area contributed by atoms with Gasteiger partial charge in [0.25, 0.3) is 0 Å². The zero-order chi connectivity index (χ0) is 15.4. The molecule has 2 rings (SSSR count). The molecule has 21 heavy (non-hydrogen) atoms. The van der Waals surface area contributed by atoms with E-state index >= 15 is 0 Å². The average Bonchev–Trinajstić information content (AvgIpc) is 2.75. The van der Waals surface area contributed by atoms with Crippen molar-refractivity contribution in [2.45, 2.75) is 33.1 Å². The molecule has 6 nitrogen and oxygen atoms in total. The summed E-state index contributed by atoms with van der Waals surface area (Å²) in [5.41, 5.74) is 1.73. The average molecular weight is 290 g/mol. The number of carbonyl (C=O) groups is 2. The van der Waals surface area contributed by atoms with E-state index in [0.717, 1.165) is 0 Å². The van der Waals surface area contributed by atoms with Gasteiger partial charge in [0.15, 0.2) is 17.2 Å². The van der Waals surface area contributed by atoms with Crippen molar-refractivity contribution < 1.29 is 19.4 Å². The predicted molar refractivity (Wildman–Crippen MR) is 76.9 cm³/mol. The standard InChI is InChI=1S/C15H18N2O4/c1-3-21-12-7-5-9-17-14(10(2)16-15(12)17)11(18)6-4-8-13(19)20/h5,7,9H,3-4,6,8H2,1-2H3,(H,19,20). The number of rotatable bonds is 7. The molecule has 0 atom stereocenters. The van der Waals surface area contributed by atoms with Crippen LogP contribution in [-0.4, -0.2) is 32.9 Å².